The highest BCUT2D eigenvalue weighted by molar-refractivity contribution is 7.96. The van der Waals surface area contributed by atoms with Gasteiger partial charge in [0.1, 0.15) is 10.9 Å². The van der Waals surface area contributed by atoms with Crippen molar-refractivity contribution < 1.29 is 27.5 Å². The first kappa shape index (κ1) is 30.0. The van der Waals surface area contributed by atoms with Crippen LogP contribution in [0.4, 0.5) is 4.79 Å². The fraction of sp³-hybridized carbons (Fsp3) is 0.414. The molecule has 210 valence electrons. The molecule has 0 spiro atoms. The molecule has 1 saturated heterocycles. The minimum Gasteiger partial charge on any atom is -0.378 e. The molecule has 2 atom stereocenters. The molecular weight excluding hydrogens is 518 g/mol. The van der Waals surface area contributed by atoms with Crippen LogP contribution in [0.5, 0.6) is 0 Å². The van der Waals surface area contributed by atoms with Gasteiger partial charge in [-0.25, -0.2) is 13.2 Å². The molecule has 3 amide bonds. The van der Waals surface area contributed by atoms with Crippen LogP contribution >= 0.6 is 0 Å². The van der Waals surface area contributed by atoms with Crippen LogP contribution in [0.15, 0.2) is 77.0 Å². The smallest absolute Gasteiger partial charge is 0.318 e. The predicted octanol–water partition coefficient (Wildman–Crippen LogP) is 3.12. The number of amides is 3. The van der Waals surface area contributed by atoms with E-state index in [0.29, 0.717) is 39.1 Å². The number of morpholine rings is 1. The van der Waals surface area contributed by atoms with Crippen molar-refractivity contribution in [2.75, 3.05) is 26.3 Å². The van der Waals surface area contributed by atoms with Gasteiger partial charge in [-0.1, -0.05) is 69.0 Å². The molecule has 39 heavy (non-hydrogen) atoms. The highest BCUT2D eigenvalue weighted by Crippen LogP contribution is 2.21. The molecule has 0 bridgehead atoms. The molecular formula is C29H37N3O6S. The van der Waals surface area contributed by atoms with Crippen molar-refractivity contribution >= 4 is 27.6 Å². The zero-order valence-electron chi connectivity index (χ0n) is 22.5. The number of carbonyl (C=O) groups is 3. The van der Waals surface area contributed by atoms with Gasteiger partial charge in [-0.3, -0.25) is 9.59 Å². The molecule has 2 aromatic carbocycles. The summed E-state index contributed by atoms with van der Waals surface area (Å²) in [6, 6.07) is 14.5. The average Bonchev–Trinajstić information content (AvgIpc) is 2.95. The Morgan fingerprint density at radius 1 is 0.923 bits per heavy atom. The number of ketones is 1. The van der Waals surface area contributed by atoms with E-state index in [1.807, 2.05) is 44.2 Å². The first-order valence-corrected chi connectivity index (χ1v) is 14.6. The number of benzene rings is 2. The SMILES string of the molecule is C=C(C(=O)[C@H](CCc1ccccc1)NC(=O)[C@H](CC(C)C)NC(=O)N1CCOCC1)S(=O)(=O)c1ccccc1. The number of rotatable bonds is 12. The van der Waals surface area contributed by atoms with Crippen molar-refractivity contribution in [3.8, 4) is 0 Å². The summed E-state index contributed by atoms with van der Waals surface area (Å²) in [6.07, 6.45) is 0.916. The summed E-state index contributed by atoms with van der Waals surface area (Å²) < 4.78 is 31.6. The summed E-state index contributed by atoms with van der Waals surface area (Å²) in [5.41, 5.74) is 0.931. The lowest BCUT2D eigenvalue weighted by molar-refractivity contribution is -0.127. The molecule has 2 aromatic rings. The van der Waals surface area contributed by atoms with Gasteiger partial charge < -0.3 is 20.3 Å². The lowest BCUT2D eigenvalue weighted by Gasteiger charge is -2.30. The maximum atomic E-state index is 13.5. The molecule has 0 aliphatic carbocycles. The van der Waals surface area contributed by atoms with Crippen molar-refractivity contribution in [2.45, 2.75) is 50.1 Å². The van der Waals surface area contributed by atoms with Crippen LogP contribution in [0.3, 0.4) is 0 Å². The Balaban J connectivity index is 1.81. The van der Waals surface area contributed by atoms with Crippen molar-refractivity contribution in [3.63, 3.8) is 0 Å². The highest BCUT2D eigenvalue weighted by Gasteiger charge is 2.33. The zero-order chi connectivity index (χ0) is 28.4. The number of hydrogen-bond acceptors (Lipinski definition) is 6. The third kappa shape index (κ3) is 8.49. The maximum Gasteiger partial charge on any atom is 0.318 e. The van der Waals surface area contributed by atoms with Gasteiger partial charge in [-0.2, -0.15) is 0 Å². The molecule has 1 fully saturated rings. The number of nitrogens with one attached hydrogen (secondary N) is 2. The minimum atomic E-state index is -4.16. The van der Waals surface area contributed by atoms with E-state index in [1.165, 1.54) is 12.1 Å². The number of urea groups is 1. The summed E-state index contributed by atoms with van der Waals surface area (Å²) in [4.78, 5) is 40.8. The Kier molecular flexibility index (Phi) is 10.8. The first-order valence-electron chi connectivity index (χ1n) is 13.1. The van der Waals surface area contributed by atoms with E-state index in [4.69, 9.17) is 4.74 Å². The van der Waals surface area contributed by atoms with E-state index in [1.54, 1.807) is 23.1 Å². The van der Waals surface area contributed by atoms with Gasteiger partial charge in [0.2, 0.25) is 15.7 Å². The quantitative estimate of drug-likeness (QED) is 0.388. The number of sulfone groups is 1. The lowest BCUT2D eigenvalue weighted by Crippen LogP contribution is -2.56. The summed E-state index contributed by atoms with van der Waals surface area (Å²) in [5.74, 6) is -1.27. The summed E-state index contributed by atoms with van der Waals surface area (Å²) in [7, 11) is -4.16. The van der Waals surface area contributed by atoms with E-state index in [9.17, 15) is 22.8 Å². The van der Waals surface area contributed by atoms with Gasteiger partial charge in [0.05, 0.1) is 24.2 Å². The van der Waals surface area contributed by atoms with Crippen LogP contribution < -0.4 is 10.6 Å². The molecule has 3 rings (SSSR count). The van der Waals surface area contributed by atoms with Gasteiger partial charge in [-0.05, 0) is 42.9 Å². The second kappa shape index (κ2) is 14.0. The molecule has 1 heterocycles. The fourth-order valence-electron chi connectivity index (χ4n) is 4.28. The first-order chi connectivity index (χ1) is 18.6. The predicted molar refractivity (Wildman–Crippen MR) is 149 cm³/mol. The van der Waals surface area contributed by atoms with Gasteiger partial charge in [0.25, 0.3) is 0 Å². The second-order valence-electron chi connectivity index (χ2n) is 9.92. The molecule has 0 aromatic heterocycles. The zero-order valence-corrected chi connectivity index (χ0v) is 23.3. The fourth-order valence-corrected chi connectivity index (χ4v) is 5.48. The number of nitrogens with zero attached hydrogens (tertiary/aromatic N) is 1. The van der Waals surface area contributed by atoms with E-state index < -0.39 is 38.5 Å². The van der Waals surface area contributed by atoms with Crippen LogP contribution in [0.1, 0.15) is 32.3 Å². The highest BCUT2D eigenvalue weighted by atomic mass is 32.2. The minimum absolute atomic E-state index is 0.0491. The van der Waals surface area contributed by atoms with Crippen LogP contribution in [-0.4, -0.2) is 69.4 Å². The number of hydrogen-bond donors (Lipinski definition) is 2. The Morgan fingerprint density at radius 3 is 2.10 bits per heavy atom. The maximum absolute atomic E-state index is 13.5. The Bertz CT molecular complexity index is 1240. The van der Waals surface area contributed by atoms with E-state index in [-0.39, 0.29) is 23.3 Å². The van der Waals surface area contributed by atoms with Crippen LogP contribution in [0.2, 0.25) is 0 Å². The molecule has 0 saturated carbocycles. The Morgan fingerprint density at radius 2 is 1.51 bits per heavy atom. The van der Waals surface area contributed by atoms with Crippen molar-refractivity contribution in [3.05, 3.63) is 77.7 Å². The normalized spacial score (nSPS) is 15.3. The van der Waals surface area contributed by atoms with Crippen LogP contribution in [0, 0.1) is 5.92 Å². The monoisotopic (exact) mass is 555 g/mol. The van der Waals surface area contributed by atoms with Crippen LogP contribution in [0.25, 0.3) is 0 Å². The number of carbonyl (C=O) groups excluding carboxylic acids is 3. The number of Topliss-reactive ketones (excluding diaryl/α,β-unsaturated/α-hetero) is 1. The van der Waals surface area contributed by atoms with Crippen LogP contribution in [-0.2, 0) is 30.6 Å². The van der Waals surface area contributed by atoms with E-state index in [0.717, 1.165) is 5.56 Å². The average molecular weight is 556 g/mol. The summed E-state index contributed by atoms with van der Waals surface area (Å²) in [5, 5.41) is 5.52. The van der Waals surface area contributed by atoms with Gasteiger partial charge >= 0.3 is 6.03 Å². The molecule has 1 aliphatic heterocycles. The van der Waals surface area contributed by atoms with E-state index in [2.05, 4.69) is 17.2 Å². The van der Waals surface area contributed by atoms with Crippen molar-refractivity contribution in [1.29, 1.82) is 0 Å². The summed E-state index contributed by atoms with van der Waals surface area (Å²) >= 11 is 0. The standard InChI is InChI=1S/C29H37N3O6S/c1-21(2)20-26(31-29(35)32-16-18-38-19-17-32)28(34)30-25(15-14-23-10-6-4-7-11-23)27(33)22(3)39(36,37)24-12-8-5-9-13-24/h4-13,21,25-26H,3,14-20H2,1-2H3,(H,30,34)(H,31,35)/t25-,26-/m0/s1. The molecule has 0 radical (unpaired) electrons. The molecule has 9 nitrogen and oxygen atoms in total. The third-order valence-corrected chi connectivity index (χ3v) is 8.21. The van der Waals surface area contributed by atoms with Crippen molar-refractivity contribution in [2.24, 2.45) is 5.92 Å². The molecule has 2 N–H and O–H groups in total. The lowest BCUT2D eigenvalue weighted by atomic mass is 9.99. The molecule has 0 unspecified atom stereocenters. The van der Waals surface area contributed by atoms with Gasteiger partial charge in [0.15, 0.2) is 5.78 Å². The third-order valence-electron chi connectivity index (χ3n) is 6.47. The second-order valence-corrected chi connectivity index (χ2v) is 11.9. The topological polar surface area (TPSA) is 122 Å². The number of ether oxygens (including phenoxy) is 1. The van der Waals surface area contributed by atoms with Gasteiger partial charge in [-0.15, -0.1) is 0 Å². The Labute approximate surface area is 230 Å². The van der Waals surface area contributed by atoms with E-state index >= 15 is 0 Å². The summed E-state index contributed by atoms with van der Waals surface area (Å²) in [6.45, 7) is 9.13. The molecule has 10 heteroatoms. The largest absolute Gasteiger partial charge is 0.378 e. The molecule has 1 aliphatic rings. The van der Waals surface area contributed by atoms with Gasteiger partial charge in [0, 0.05) is 13.1 Å². The van der Waals surface area contributed by atoms with Crippen molar-refractivity contribution in [1.82, 2.24) is 15.5 Å². The Hall–Kier alpha value is -3.50. The number of aryl methyl sites for hydroxylation is 1.